The Morgan fingerprint density at radius 2 is 1.86 bits per heavy atom. The van der Waals surface area contributed by atoms with Crippen molar-refractivity contribution in [2.45, 2.75) is 47.5 Å². The van der Waals surface area contributed by atoms with Crippen LogP contribution in [0.2, 0.25) is 0 Å². The molecule has 0 bridgehead atoms. The molecule has 0 aromatic carbocycles. The first kappa shape index (κ1) is 14.0. The third-order valence-corrected chi connectivity index (χ3v) is 3.26. The van der Waals surface area contributed by atoms with Crippen LogP contribution in [0.3, 0.4) is 0 Å². The molecule has 0 aromatic rings. The smallest absolute Gasteiger partial charge is 0.133 e. The molecule has 0 spiro atoms. The number of hydrogen-bond donors (Lipinski definition) is 0. The van der Waals surface area contributed by atoms with Crippen molar-refractivity contribution in [1.29, 1.82) is 0 Å². The van der Waals surface area contributed by atoms with Gasteiger partial charge in [0.15, 0.2) is 0 Å². The van der Waals surface area contributed by atoms with Crippen LogP contribution in [0.4, 0.5) is 0 Å². The Morgan fingerprint density at radius 1 is 1.29 bits per heavy atom. The Kier molecular flexibility index (Phi) is 6.50. The van der Waals surface area contributed by atoms with Gasteiger partial charge in [-0.05, 0) is 17.1 Å². The fourth-order valence-corrected chi connectivity index (χ4v) is 2.25. The van der Waals surface area contributed by atoms with Crippen LogP contribution in [0.1, 0.15) is 47.5 Å². The van der Waals surface area contributed by atoms with Crippen LogP contribution in [0.25, 0.3) is 0 Å². The number of carbonyl (C=O) groups excluding carboxylic acids is 1. The number of ketones is 1. The molecule has 0 heterocycles. The van der Waals surface area contributed by atoms with Gasteiger partial charge in [0, 0.05) is 18.6 Å². The number of Topliss-reactive ketones (excluding diaryl/α,β-unsaturated/α-hetero) is 1. The standard InChI is InChI=1S/C12H24OS/c1-10(2)8-11(13)6-7-14-9-12(3,4)5/h10H,6-9H2,1-5H3. The van der Waals surface area contributed by atoms with Gasteiger partial charge in [-0.25, -0.2) is 0 Å². The topological polar surface area (TPSA) is 17.1 Å². The Morgan fingerprint density at radius 3 is 2.29 bits per heavy atom. The quantitative estimate of drug-likeness (QED) is 0.629. The summed E-state index contributed by atoms with van der Waals surface area (Å²) in [6, 6.07) is 0. The number of rotatable bonds is 6. The summed E-state index contributed by atoms with van der Waals surface area (Å²) in [7, 11) is 0. The van der Waals surface area contributed by atoms with Crippen molar-refractivity contribution in [3.63, 3.8) is 0 Å². The fraction of sp³-hybridized carbons (Fsp3) is 0.917. The maximum Gasteiger partial charge on any atom is 0.133 e. The summed E-state index contributed by atoms with van der Waals surface area (Å²) in [5, 5.41) is 0. The molecule has 0 fully saturated rings. The number of carbonyl (C=O) groups is 1. The van der Waals surface area contributed by atoms with E-state index in [1.54, 1.807) is 0 Å². The highest BCUT2D eigenvalue weighted by atomic mass is 32.2. The van der Waals surface area contributed by atoms with Crippen molar-refractivity contribution in [2.75, 3.05) is 11.5 Å². The summed E-state index contributed by atoms with van der Waals surface area (Å²) in [5.41, 5.74) is 0.381. The first-order valence-electron chi connectivity index (χ1n) is 5.41. The van der Waals surface area contributed by atoms with E-state index in [9.17, 15) is 4.79 Å². The third-order valence-electron chi connectivity index (χ3n) is 1.70. The highest BCUT2D eigenvalue weighted by Gasteiger charge is 2.10. The minimum Gasteiger partial charge on any atom is -0.300 e. The van der Waals surface area contributed by atoms with Crippen LogP contribution in [0, 0.1) is 11.3 Å². The van der Waals surface area contributed by atoms with Gasteiger partial charge in [-0.3, -0.25) is 4.79 Å². The Hall–Kier alpha value is 0.0200. The van der Waals surface area contributed by atoms with Crippen LogP contribution in [-0.4, -0.2) is 17.3 Å². The molecular formula is C12H24OS. The zero-order chi connectivity index (χ0) is 11.2. The first-order chi connectivity index (χ1) is 6.31. The van der Waals surface area contributed by atoms with Gasteiger partial charge in [-0.2, -0.15) is 11.8 Å². The lowest BCUT2D eigenvalue weighted by Gasteiger charge is -2.16. The van der Waals surface area contributed by atoms with E-state index >= 15 is 0 Å². The Balaban J connectivity index is 3.41. The van der Waals surface area contributed by atoms with Crippen LogP contribution < -0.4 is 0 Å². The van der Waals surface area contributed by atoms with E-state index in [1.807, 2.05) is 11.8 Å². The molecule has 0 atom stereocenters. The van der Waals surface area contributed by atoms with E-state index in [0.717, 1.165) is 24.3 Å². The molecule has 0 unspecified atom stereocenters. The second-order valence-corrected chi connectivity index (χ2v) is 6.61. The van der Waals surface area contributed by atoms with E-state index in [4.69, 9.17) is 0 Å². The zero-order valence-electron chi connectivity index (χ0n) is 10.2. The molecule has 0 radical (unpaired) electrons. The normalized spacial score (nSPS) is 12.1. The van der Waals surface area contributed by atoms with Gasteiger partial charge in [-0.1, -0.05) is 34.6 Å². The molecule has 0 rings (SSSR count). The lowest BCUT2D eigenvalue weighted by molar-refractivity contribution is -0.119. The molecule has 0 N–H and O–H groups in total. The number of thioether (sulfide) groups is 1. The van der Waals surface area contributed by atoms with E-state index in [2.05, 4.69) is 34.6 Å². The first-order valence-corrected chi connectivity index (χ1v) is 6.56. The van der Waals surface area contributed by atoms with E-state index in [1.165, 1.54) is 0 Å². The molecule has 2 heteroatoms. The van der Waals surface area contributed by atoms with Crippen molar-refractivity contribution < 1.29 is 4.79 Å². The molecule has 0 amide bonds. The van der Waals surface area contributed by atoms with Crippen LogP contribution in [0.15, 0.2) is 0 Å². The highest BCUT2D eigenvalue weighted by Crippen LogP contribution is 2.21. The summed E-state index contributed by atoms with van der Waals surface area (Å²) < 4.78 is 0. The van der Waals surface area contributed by atoms with Gasteiger partial charge in [0.05, 0.1) is 0 Å². The summed E-state index contributed by atoms with van der Waals surface area (Å²) in [6.45, 7) is 10.9. The molecule has 0 aliphatic carbocycles. The van der Waals surface area contributed by atoms with E-state index < -0.39 is 0 Å². The second kappa shape index (κ2) is 6.49. The zero-order valence-corrected chi connectivity index (χ0v) is 11.0. The summed E-state index contributed by atoms with van der Waals surface area (Å²) in [5.74, 6) is 3.06. The highest BCUT2D eigenvalue weighted by molar-refractivity contribution is 7.99. The van der Waals surface area contributed by atoms with Crippen LogP contribution in [0.5, 0.6) is 0 Å². The monoisotopic (exact) mass is 216 g/mol. The molecule has 1 nitrogen and oxygen atoms in total. The van der Waals surface area contributed by atoms with Gasteiger partial charge >= 0.3 is 0 Å². The van der Waals surface area contributed by atoms with Crippen molar-refractivity contribution in [2.24, 2.45) is 11.3 Å². The predicted molar refractivity (Wildman–Crippen MR) is 65.9 cm³/mol. The SMILES string of the molecule is CC(C)CC(=O)CCSCC(C)(C)C. The molecule has 14 heavy (non-hydrogen) atoms. The fourth-order valence-electron chi connectivity index (χ4n) is 1.12. The van der Waals surface area contributed by atoms with Crippen molar-refractivity contribution >= 4 is 17.5 Å². The molecule has 0 aliphatic heterocycles. The molecule has 0 aromatic heterocycles. The molecule has 84 valence electrons. The third kappa shape index (κ3) is 10.1. The minimum atomic E-state index is 0.381. The summed E-state index contributed by atoms with van der Waals surface area (Å²) in [4.78, 5) is 11.4. The van der Waals surface area contributed by atoms with Gasteiger partial charge in [-0.15, -0.1) is 0 Å². The lowest BCUT2D eigenvalue weighted by atomic mass is 10.0. The molecule has 0 aliphatic rings. The average molecular weight is 216 g/mol. The average Bonchev–Trinajstić information content (AvgIpc) is 1.95. The van der Waals surface area contributed by atoms with Crippen LogP contribution >= 0.6 is 11.8 Å². The van der Waals surface area contributed by atoms with E-state index in [-0.39, 0.29) is 0 Å². The summed E-state index contributed by atoms with van der Waals surface area (Å²) >= 11 is 1.89. The largest absolute Gasteiger partial charge is 0.300 e. The Labute approximate surface area is 93.0 Å². The van der Waals surface area contributed by atoms with Gasteiger partial charge < -0.3 is 0 Å². The van der Waals surface area contributed by atoms with Crippen molar-refractivity contribution in [3.8, 4) is 0 Å². The maximum absolute atomic E-state index is 11.4. The van der Waals surface area contributed by atoms with E-state index in [0.29, 0.717) is 17.1 Å². The van der Waals surface area contributed by atoms with Gasteiger partial charge in [0.25, 0.3) is 0 Å². The van der Waals surface area contributed by atoms with Crippen molar-refractivity contribution in [1.82, 2.24) is 0 Å². The van der Waals surface area contributed by atoms with Gasteiger partial charge in [0.1, 0.15) is 5.78 Å². The molecular weight excluding hydrogens is 192 g/mol. The maximum atomic E-state index is 11.4. The number of hydrogen-bond acceptors (Lipinski definition) is 2. The van der Waals surface area contributed by atoms with Gasteiger partial charge in [0.2, 0.25) is 0 Å². The van der Waals surface area contributed by atoms with Crippen molar-refractivity contribution in [3.05, 3.63) is 0 Å². The van der Waals surface area contributed by atoms with Crippen LogP contribution in [-0.2, 0) is 4.79 Å². The second-order valence-electron chi connectivity index (χ2n) is 5.50. The lowest BCUT2D eigenvalue weighted by Crippen LogP contribution is -2.10. The Bertz CT molecular complexity index is 168. The minimum absolute atomic E-state index is 0.381. The summed E-state index contributed by atoms with van der Waals surface area (Å²) in [6.07, 6.45) is 1.50. The molecule has 0 saturated heterocycles. The predicted octanol–water partition coefficient (Wildman–Crippen LogP) is 3.77. The molecule has 0 saturated carbocycles.